The number of hydrogen-bond acceptors (Lipinski definition) is 4. The lowest BCUT2D eigenvalue weighted by Gasteiger charge is -2.13. The molecule has 0 aliphatic carbocycles. The Bertz CT molecular complexity index is 1140. The standard InChI is InChI=1S/C23H18ClNO3S/c1-2-28-20-12-11-15-7-3-5-9-17(15)18(20)13-21-22(26)25(23(27)29-21)14-16-8-4-6-10-19(16)24/h3-13H,2,14H2,1H3/b21-13+. The molecule has 6 heteroatoms. The molecule has 0 unspecified atom stereocenters. The molecule has 0 bridgehead atoms. The van der Waals surface area contributed by atoms with Crippen LogP contribution in [0.25, 0.3) is 16.8 Å². The van der Waals surface area contributed by atoms with E-state index in [9.17, 15) is 9.59 Å². The first-order valence-electron chi connectivity index (χ1n) is 9.22. The molecule has 1 aliphatic rings. The number of rotatable bonds is 5. The van der Waals surface area contributed by atoms with Crippen molar-refractivity contribution < 1.29 is 14.3 Å². The average molecular weight is 424 g/mol. The van der Waals surface area contributed by atoms with E-state index in [0.717, 1.165) is 33.7 Å². The number of hydrogen-bond donors (Lipinski definition) is 0. The van der Waals surface area contributed by atoms with Crippen molar-refractivity contribution in [1.29, 1.82) is 0 Å². The van der Waals surface area contributed by atoms with E-state index in [-0.39, 0.29) is 17.7 Å². The summed E-state index contributed by atoms with van der Waals surface area (Å²) in [6.45, 7) is 2.57. The van der Waals surface area contributed by atoms with E-state index in [1.165, 1.54) is 4.90 Å². The van der Waals surface area contributed by atoms with E-state index in [1.807, 2.05) is 61.5 Å². The van der Waals surface area contributed by atoms with Gasteiger partial charge in [0.25, 0.3) is 11.1 Å². The van der Waals surface area contributed by atoms with Gasteiger partial charge in [0, 0.05) is 10.6 Å². The second-order valence-electron chi connectivity index (χ2n) is 6.49. The summed E-state index contributed by atoms with van der Waals surface area (Å²) in [5, 5.41) is 2.23. The van der Waals surface area contributed by atoms with Crippen molar-refractivity contribution in [3.8, 4) is 5.75 Å². The van der Waals surface area contributed by atoms with E-state index in [0.29, 0.717) is 22.3 Å². The zero-order chi connectivity index (χ0) is 20.4. The van der Waals surface area contributed by atoms with Crippen LogP contribution in [0.3, 0.4) is 0 Å². The lowest BCUT2D eigenvalue weighted by atomic mass is 10.0. The molecule has 3 aromatic carbocycles. The smallest absolute Gasteiger partial charge is 0.293 e. The Labute approximate surface area is 178 Å². The summed E-state index contributed by atoms with van der Waals surface area (Å²) < 4.78 is 5.77. The SMILES string of the molecule is CCOc1ccc2ccccc2c1/C=C1/SC(=O)N(Cc2ccccc2Cl)C1=O. The molecular formula is C23H18ClNO3S. The highest BCUT2D eigenvalue weighted by Gasteiger charge is 2.35. The molecule has 0 aromatic heterocycles. The lowest BCUT2D eigenvalue weighted by molar-refractivity contribution is -0.123. The highest BCUT2D eigenvalue weighted by atomic mass is 35.5. The van der Waals surface area contributed by atoms with Gasteiger partial charge in [-0.3, -0.25) is 14.5 Å². The molecule has 0 radical (unpaired) electrons. The molecule has 146 valence electrons. The number of thioether (sulfide) groups is 1. The lowest BCUT2D eigenvalue weighted by Crippen LogP contribution is -2.27. The van der Waals surface area contributed by atoms with Crippen molar-refractivity contribution in [2.24, 2.45) is 0 Å². The molecule has 0 saturated carbocycles. The minimum atomic E-state index is -0.324. The number of fused-ring (bicyclic) bond motifs is 1. The molecule has 1 aliphatic heterocycles. The number of amides is 2. The van der Waals surface area contributed by atoms with Crippen LogP contribution in [0.2, 0.25) is 5.02 Å². The third kappa shape index (κ3) is 3.88. The predicted octanol–water partition coefficient (Wildman–Crippen LogP) is 6.13. The predicted molar refractivity (Wildman–Crippen MR) is 118 cm³/mol. The maximum Gasteiger partial charge on any atom is 0.293 e. The van der Waals surface area contributed by atoms with Crippen molar-refractivity contribution in [1.82, 2.24) is 4.90 Å². The molecule has 4 nitrogen and oxygen atoms in total. The summed E-state index contributed by atoms with van der Waals surface area (Å²) in [4.78, 5) is 27.1. The van der Waals surface area contributed by atoms with Gasteiger partial charge in [-0.15, -0.1) is 0 Å². The van der Waals surface area contributed by atoms with Crippen molar-refractivity contribution >= 4 is 51.4 Å². The second kappa shape index (κ2) is 8.31. The first-order chi connectivity index (χ1) is 14.1. The van der Waals surface area contributed by atoms with Gasteiger partial charge < -0.3 is 4.74 Å². The molecule has 3 aromatic rings. The fourth-order valence-corrected chi connectivity index (χ4v) is 4.29. The van der Waals surface area contributed by atoms with Crippen LogP contribution in [-0.2, 0) is 11.3 Å². The van der Waals surface area contributed by atoms with Gasteiger partial charge in [0.2, 0.25) is 0 Å². The minimum Gasteiger partial charge on any atom is -0.493 e. The van der Waals surface area contributed by atoms with Gasteiger partial charge in [-0.05, 0) is 53.2 Å². The normalized spacial score (nSPS) is 15.5. The zero-order valence-corrected chi connectivity index (χ0v) is 17.3. The quantitative estimate of drug-likeness (QED) is 0.463. The molecule has 2 amide bonds. The number of carbonyl (C=O) groups is 2. The van der Waals surface area contributed by atoms with Gasteiger partial charge in [0.05, 0.1) is 18.1 Å². The minimum absolute atomic E-state index is 0.148. The van der Waals surface area contributed by atoms with Crippen molar-refractivity contribution in [2.45, 2.75) is 13.5 Å². The van der Waals surface area contributed by atoms with Gasteiger partial charge in [-0.25, -0.2) is 0 Å². The van der Waals surface area contributed by atoms with E-state index in [2.05, 4.69) is 0 Å². The number of benzene rings is 3. The third-order valence-electron chi connectivity index (χ3n) is 4.67. The van der Waals surface area contributed by atoms with E-state index >= 15 is 0 Å². The summed E-state index contributed by atoms with van der Waals surface area (Å²) in [6, 6.07) is 19.0. The summed E-state index contributed by atoms with van der Waals surface area (Å²) in [7, 11) is 0. The molecular weight excluding hydrogens is 406 g/mol. The van der Waals surface area contributed by atoms with Gasteiger partial charge >= 0.3 is 0 Å². The van der Waals surface area contributed by atoms with Crippen LogP contribution in [-0.4, -0.2) is 22.7 Å². The highest BCUT2D eigenvalue weighted by Crippen LogP contribution is 2.37. The van der Waals surface area contributed by atoms with Crippen molar-refractivity contribution in [3.63, 3.8) is 0 Å². The number of imide groups is 1. The summed E-state index contributed by atoms with van der Waals surface area (Å²) in [5.74, 6) is 0.361. The molecule has 1 fully saturated rings. The van der Waals surface area contributed by atoms with Gasteiger partial charge in [-0.2, -0.15) is 0 Å². The Balaban J connectivity index is 1.72. The Morgan fingerprint density at radius 2 is 1.79 bits per heavy atom. The van der Waals surface area contributed by atoms with Crippen LogP contribution < -0.4 is 4.74 Å². The Morgan fingerprint density at radius 3 is 2.59 bits per heavy atom. The number of halogens is 1. The van der Waals surface area contributed by atoms with Crippen LogP contribution in [0.1, 0.15) is 18.1 Å². The molecule has 1 saturated heterocycles. The van der Waals surface area contributed by atoms with Crippen LogP contribution in [0.5, 0.6) is 5.75 Å². The van der Waals surface area contributed by atoms with Crippen LogP contribution >= 0.6 is 23.4 Å². The second-order valence-corrected chi connectivity index (χ2v) is 7.89. The maximum atomic E-state index is 13.0. The Morgan fingerprint density at radius 1 is 1.03 bits per heavy atom. The van der Waals surface area contributed by atoms with Crippen LogP contribution in [0.4, 0.5) is 4.79 Å². The molecule has 0 atom stereocenters. The van der Waals surface area contributed by atoms with Crippen LogP contribution in [0.15, 0.2) is 65.6 Å². The summed E-state index contributed by atoms with van der Waals surface area (Å²) >= 11 is 7.13. The third-order valence-corrected chi connectivity index (χ3v) is 5.94. The number of nitrogens with zero attached hydrogens (tertiary/aromatic N) is 1. The summed E-state index contributed by atoms with van der Waals surface area (Å²) in [6.07, 6.45) is 1.75. The number of carbonyl (C=O) groups excluding carboxylic acids is 2. The first-order valence-corrected chi connectivity index (χ1v) is 10.4. The molecule has 4 rings (SSSR count). The Kier molecular flexibility index (Phi) is 5.60. The number of ether oxygens (including phenoxy) is 1. The van der Waals surface area contributed by atoms with Gasteiger partial charge in [-0.1, -0.05) is 60.1 Å². The first kappa shape index (κ1) is 19.6. The molecule has 1 heterocycles. The zero-order valence-electron chi connectivity index (χ0n) is 15.7. The van der Waals surface area contributed by atoms with E-state index < -0.39 is 0 Å². The maximum absolute atomic E-state index is 13.0. The van der Waals surface area contributed by atoms with Crippen LogP contribution in [0, 0.1) is 0 Å². The van der Waals surface area contributed by atoms with Gasteiger partial charge in [0.1, 0.15) is 5.75 Å². The molecule has 0 N–H and O–H groups in total. The average Bonchev–Trinajstić information content (AvgIpc) is 2.99. The fraction of sp³-hybridized carbons (Fsp3) is 0.130. The fourth-order valence-electron chi connectivity index (χ4n) is 3.27. The molecule has 29 heavy (non-hydrogen) atoms. The Hall–Kier alpha value is -2.76. The van der Waals surface area contributed by atoms with E-state index in [1.54, 1.807) is 12.1 Å². The van der Waals surface area contributed by atoms with Gasteiger partial charge in [0.15, 0.2) is 0 Å². The monoisotopic (exact) mass is 423 g/mol. The summed E-state index contributed by atoms with van der Waals surface area (Å²) in [5.41, 5.74) is 1.53. The largest absolute Gasteiger partial charge is 0.493 e. The van der Waals surface area contributed by atoms with E-state index in [4.69, 9.17) is 16.3 Å². The topological polar surface area (TPSA) is 46.6 Å². The molecule has 0 spiro atoms. The van der Waals surface area contributed by atoms with Crippen molar-refractivity contribution in [2.75, 3.05) is 6.61 Å². The van der Waals surface area contributed by atoms with Crippen molar-refractivity contribution in [3.05, 3.63) is 81.7 Å². The highest BCUT2D eigenvalue weighted by molar-refractivity contribution is 8.18.